The van der Waals surface area contributed by atoms with Crippen LogP contribution < -0.4 is 4.74 Å². The number of halogens is 4. The molecule has 3 rings (SSSR count). The van der Waals surface area contributed by atoms with Crippen LogP contribution in [0.15, 0.2) is 28.7 Å². The summed E-state index contributed by atoms with van der Waals surface area (Å²) in [5.74, 6) is 0.235. The van der Waals surface area contributed by atoms with Gasteiger partial charge in [0.1, 0.15) is 18.1 Å². The van der Waals surface area contributed by atoms with Crippen LogP contribution in [-0.2, 0) is 18.0 Å². The van der Waals surface area contributed by atoms with E-state index in [2.05, 4.69) is 4.98 Å². The lowest BCUT2D eigenvalue weighted by molar-refractivity contribution is -0.182. The molecule has 4 nitrogen and oxygen atoms in total. The Balaban J connectivity index is 1.68. The fourth-order valence-electron chi connectivity index (χ4n) is 3.31. The van der Waals surface area contributed by atoms with Crippen molar-refractivity contribution in [1.29, 1.82) is 0 Å². The average molecular weight is 404 g/mol. The molecule has 0 atom stereocenters. The molecule has 0 bridgehead atoms. The summed E-state index contributed by atoms with van der Waals surface area (Å²) in [4.78, 5) is 4.46. The minimum Gasteiger partial charge on any atom is -0.486 e. The Bertz CT molecular complexity index is 755. The molecule has 1 heterocycles. The van der Waals surface area contributed by atoms with E-state index >= 15 is 0 Å². The molecule has 1 aliphatic rings. The van der Waals surface area contributed by atoms with Crippen LogP contribution >= 0.6 is 11.6 Å². The fraction of sp³-hybridized carbons (Fsp3) is 0.526. The van der Waals surface area contributed by atoms with Crippen molar-refractivity contribution >= 4 is 11.6 Å². The lowest BCUT2D eigenvalue weighted by Crippen LogP contribution is -2.27. The van der Waals surface area contributed by atoms with Crippen molar-refractivity contribution in [3.8, 4) is 5.75 Å². The maximum absolute atomic E-state index is 12.8. The summed E-state index contributed by atoms with van der Waals surface area (Å²) >= 11 is 5.94. The van der Waals surface area contributed by atoms with Crippen molar-refractivity contribution in [2.24, 2.45) is 5.92 Å². The topological polar surface area (TPSA) is 44.5 Å². The van der Waals surface area contributed by atoms with E-state index in [-0.39, 0.29) is 32.0 Å². The molecule has 148 valence electrons. The number of rotatable bonds is 6. The maximum Gasteiger partial charge on any atom is 0.391 e. The molecule has 0 radical (unpaired) electrons. The van der Waals surface area contributed by atoms with E-state index in [4.69, 9.17) is 25.5 Å². The van der Waals surface area contributed by atoms with Crippen LogP contribution in [0.25, 0.3) is 0 Å². The first-order chi connectivity index (χ1) is 12.9. The molecular formula is C19H21ClF3NO3. The summed E-state index contributed by atoms with van der Waals surface area (Å²) in [5, 5.41) is 0.560. The molecule has 8 heteroatoms. The normalized spacial score (nSPS) is 20.6. The van der Waals surface area contributed by atoms with Crippen LogP contribution in [0.5, 0.6) is 5.75 Å². The summed E-state index contributed by atoms with van der Waals surface area (Å²) in [6.07, 6.45) is -3.11. The van der Waals surface area contributed by atoms with E-state index in [0.29, 0.717) is 41.0 Å². The highest BCUT2D eigenvalue weighted by Crippen LogP contribution is 2.43. The van der Waals surface area contributed by atoms with Crippen LogP contribution in [-0.4, -0.2) is 18.3 Å². The Labute approximate surface area is 160 Å². The van der Waals surface area contributed by atoms with Gasteiger partial charge >= 0.3 is 6.18 Å². The molecule has 0 unspecified atom stereocenters. The molecule has 27 heavy (non-hydrogen) atoms. The smallest absolute Gasteiger partial charge is 0.391 e. The van der Waals surface area contributed by atoms with E-state index < -0.39 is 12.1 Å². The second-order valence-corrected chi connectivity index (χ2v) is 7.13. The summed E-state index contributed by atoms with van der Waals surface area (Å²) in [6, 6.07) is 6.98. The quantitative estimate of drug-likeness (QED) is 0.603. The van der Waals surface area contributed by atoms with Gasteiger partial charge in [0.15, 0.2) is 11.7 Å². The van der Waals surface area contributed by atoms with Gasteiger partial charge in [0.25, 0.3) is 0 Å². The van der Waals surface area contributed by atoms with Gasteiger partial charge in [-0.1, -0.05) is 17.7 Å². The zero-order valence-electron chi connectivity index (χ0n) is 14.9. The Morgan fingerprint density at radius 3 is 2.56 bits per heavy atom. The van der Waals surface area contributed by atoms with Gasteiger partial charge in [-0.3, -0.25) is 0 Å². The highest BCUT2D eigenvalue weighted by Gasteiger charge is 2.42. The summed E-state index contributed by atoms with van der Waals surface area (Å²) in [7, 11) is 1.55. The Kier molecular flexibility index (Phi) is 6.32. The van der Waals surface area contributed by atoms with Crippen LogP contribution in [0.3, 0.4) is 0 Å². The monoisotopic (exact) mass is 403 g/mol. The van der Waals surface area contributed by atoms with Gasteiger partial charge in [-0.05, 0) is 43.9 Å². The fourth-order valence-corrected chi connectivity index (χ4v) is 3.49. The third-order valence-electron chi connectivity index (χ3n) is 4.78. The number of hydrogen-bond acceptors (Lipinski definition) is 4. The summed E-state index contributed by atoms with van der Waals surface area (Å²) in [6.45, 7) is 0.388. The van der Waals surface area contributed by atoms with Crippen LogP contribution in [0.1, 0.15) is 48.9 Å². The third-order valence-corrected chi connectivity index (χ3v) is 5.02. The lowest BCUT2D eigenvalue weighted by Gasteiger charge is -2.28. The number of nitrogens with zero attached hydrogens (tertiary/aromatic N) is 1. The molecule has 2 aromatic rings. The van der Waals surface area contributed by atoms with Gasteiger partial charge in [0.05, 0.1) is 12.5 Å². The largest absolute Gasteiger partial charge is 0.486 e. The number of oxazole rings is 1. The van der Waals surface area contributed by atoms with E-state index in [1.54, 1.807) is 31.4 Å². The number of benzene rings is 1. The van der Waals surface area contributed by atoms with Crippen LogP contribution in [0.2, 0.25) is 5.02 Å². The minimum atomic E-state index is -4.13. The summed E-state index contributed by atoms with van der Waals surface area (Å²) in [5.41, 5.74) is 0.604. The molecule has 1 saturated carbocycles. The molecule has 1 fully saturated rings. The second kappa shape index (κ2) is 8.52. The van der Waals surface area contributed by atoms with Crippen LogP contribution in [0, 0.1) is 5.92 Å². The van der Waals surface area contributed by atoms with E-state index in [1.807, 2.05) is 0 Å². The third kappa shape index (κ3) is 5.17. The van der Waals surface area contributed by atoms with Gasteiger partial charge in [-0.15, -0.1) is 0 Å². The van der Waals surface area contributed by atoms with Crippen molar-refractivity contribution in [2.45, 2.75) is 51.0 Å². The molecule has 0 saturated heterocycles. The molecule has 1 aromatic heterocycles. The predicted octanol–water partition coefficient (Wildman–Crippen LogP) is 5.89. The SMILES string of the molecule is COCc1nc(C2CCC(C(F)(F)F)CC2)oc1COc1cccc(Cl)c1. The molecule has 0 N–H and O–H groups in total. The zero-order chi connectivity index (χ0) is 19.4. The molecule has 1 aromatic carbocycles. The highest BCUT2D eigenvalue weighted by molar-refractivity contribution is 6.30. The van der Waals surface area contributed by atoms with E-state index in [1.165, 1.54) is 0 Å². The van der Waals surface area contributed by atoms with Crippen molar-refractivity contribution in [1.82, 2.24) is 4.98 Å². The van der Waals surface area contributed by atoms with Crippen molar-refractivity contribution in [3.05, 3.63) is 46.6 Å². The predicted molar refractivity (Wildman–Crippen MR) is 93.8 cm³/mol. The number of alkyl halides is 3. The second-order valence-electron chi connectivity index (χ2n) is 6.69. The number of hydrogen-bond donors (Lipinski definition) is 0. The maximum atomic E-state index is 12.8. The first-order valence-electron chi connectivity index (χ1n) is 8.79. The number of aromatic nitrogens is 1. The Morgan fingerprint density at radius 1 is 1.19 bits per heavy atom. The number of ether oxygens (including phenoxy) is 2. The Morgan fingerprint density at radius 2 is 1.93 bits per heavy atom. The number of methoxy groups -OCH3 is 1. The first kappa shape index (κ1) is 20.0. The van der Waals surface area contributed by atoms with Crippen molar-refractivity contribution in [3.63, 3.8) is 0 Å². The molecule has 0 amide bonds. The molecule has 0 spiro atoms. The lowest BCUT2D eigenvalue weighted by atomic mass is 9.81. The van der Waals surface area contributed by atoms with Gasteiger partial charge in [-0.25, -0.2) is 4.98 Å². The molecule has 1 aliphatic carbocycles. The van der Waals surface area contributed by atoms with E-state index in [0.717, 1.165) is 0 Å². The van der Waals surface area contributed by atoms with Crippen LogP contribution in [0.4, 0.5) is 13.2 Å². The molecule has 0 aliphatic heterocycles. The highest BCUT2D eigenvalue weighted by atomic mass is 35.5. The minimum absolute atomic E-state index is 0.102. The van der Waals surface area contributed by atoms with Gasteiger partial charge in [0.2, 0.25) is 0 Å². The van der Waals surface area contributed by atoms with Gasteiger partial charge in [-0.2, -0.15) is 13.2 Å². The standard InChI is InChI=1S/C19H21ClF3NO3/c1-25-10-16-17(11-26-15-4-2-3-14(20)9-15)27-18(24-16)12-5-7-13(8-6-12)19(21,22)23/h2-4,9,12-13H,5-8,10-11H2,1H3. The van der Waals surface area contributed by atoms with E-state index in [9.17, 15) is 13.2 Å². The van der Waals surface area contributed by atoms with Gasteiger partial charge in [0, 0.05) is 18.1 Å². The average Bonchev–Trinajstić information content (AvgIpc) is 3.03. The van der Waals surface area contributed by atoms with Gasteiger partial charge < -0.3 is 13.9 Å². The zero-order valence-corrected chi connectivity index (χ0v) is 15.6. The molecular weight excluding hydrogens is 383 g/mol. The first-order valence-corrected chi connectivity index (χ1v) is 9.17. The summed E-state index contributed by atoms with van der Waals surface area (Å²) < 4.78 is 55.2. The van der Waals surface area contributed by atoms with Crippen molar-refractivity contribution in [2.75, 3.05) is 7.11 Å². The Hall–Kier alpha value is -1.73. The van der Waals surface area contributed by atoms with Crippen molar-refractivity contribution < 1.29 is 27.1 Å².